The van der Waals surface area contributed by atoms with Crippen molar-refractivity contribution in [2.24, 2.45) is 23.5 Å². The molecule has 2 atom stereocenters. The van der Waals surface area contributed by atoms with Gasteiger partial charge in [0, 0.05) is 28.1 Å². The van der Waals surface area contributed by atoms with Crippen molar-refractivity contribution in [1.29, 1.82) is 0 Å². The van der Waals surface area contributed by atoms with Gasteiger partial charge in [-0.1, -0.05) is 24.6 Å². The average molecular weight is 345 g/mol. The summed E-state index contributed by atoms with van der Waals surface area (Å²) in [6.45, 7) is 0.809. The Hall–Kier alpha value is -1.00. The van der Waals surface area contributed by atoms with E-state index >= 15 is 0 Å². The molecule has 3 aliphatic rings. The summed E-state index contributed by atoms with van der Waals surface area (Å²) < 4.78 is 0.234. The first-order valence-corrected chi connectivity index (χ1v) is 10.2. The zero-order valence-electron chi connectivity index (χ0n) is 14.2. The molecule has 0 spiro atoms. The van der Waals surface area contributed by atoms with Gasteiger partial charge in [0.1, 0.15) is 0 Å². The number of hydrogen-bond donors (Lipinski definition) is 2. The maximum atomic E-state index is 12.7. The molecule has 1 amide bonds. The highest BCUT2D eigenvalue weighted by molar-refractivity contribution is 8.01. The molecule has 3 nitrogen and oxygen atoms in total. The monoisotopic (exact) mass is 344 g/mol. The fourth-order valence-electron chi connectivity index (χ4n) is 4.59. The van der Waals surface area contributed by atoms with E-state index in [1.54, 1.807) is 0 Å². The first-order chi connectivity index (χ1) is 11.7. The van der Waals surface area contributed by atoms with Crippen LogP contribution < -0.4 is 11.1 Å². The summed E-state index contributed by atoms with van der Waals surface area (Å²) in [5, 5.41) is 3.28. The van der Waals surface area contributed by atoms with Crippen LogP contribution in [0.15, 0.2) is 35.2 Å². The quantitative estimate of drug-likeness (QED) is 0.858. The van der Waals surface area contributed by atoms with Crippen molar-refractivity contribution in [2.75, 3.05) is 6.54 Å². The molecule has 0 saturated heterocycles. The lowest BCUT2D eigenvalue weighted by molar-refractivity contribution is -0.127. The third-order valence-corrected chi connectivity index (χ3v) is 7.75. The van der Waals surface area contributed by atoms with Gasteiger partial charge < -0.3 is 11.1 Å². The van der Waals surface area contributed by atoms with Crippen LogP contribution in [0.5, 0.6) is 0 Å². The molecule has 4 rings (SSSR count). The smallest absolute Gasteiger partial charge is 0.223 e. The Morgan fingerprint density at radius 2 is 1.83 bits per heavy atom. The number of carbonyl (C=O) groups excluding carboxylic acids is 1. The second-order valence-corrected chi connectivity index (χ2v) is 9.55. The summed E-state index contributed by atoms with van der Waals surface area (Å²) in [5.41, 5.74) is 6.35. The molecule has 0 aromatic heterocycles. The van der Waals surface area contributed by atoms with Crippen molar-refractivity contribution >= 4 is 17.7 Å². The van der Waals surface area contributed by atoms with E-state index in [1.807, 2.05) is 11.8 Å². The summed E-state index contributed by atoms with van der Waals surface area (Å²) in [5.74, 6) is 1.61. The van der Waals surface area contributed by atoms with E-state index in [1.165, 1.54) is 37.0 Å². The van der Waals surface area contributed by atoms with E-state index in [4.69, 9.17) is 5.73 Å². The summed E-state index contributed by atoms with van der Waals surface area (Å²) in [6.07, 6.45) is 8.14. The molecule has 3 fully saturated rings. The van der Waals surface area contributed by atoms with E-state index in [0.29, 0.717) is 17.9 Å². The minimum atomic E-state index is 0.192. The van der Waals surface area contributed by atoms with Crippen LogP contribution in [0.25, 0.3) is 0 Å². The van der Waals surface area contributed by atoms with Gasteiger partial charge >= 0.3 is 0 Å². The molecule has 24 heavy (non-hydrogen) atoms. The Bertz CT molecular complexity index is 573. The van der Waals surface area contributed by atoms with Crippen LogP contribution in [0, 0.1) is 17.8 Å². The number of carbonyl (C=O) groups is 1. The molecule has 3 aliphatic carbocycles. The van der Waals surface area contributed by atoms with Crippen molar-refractivity contribution in [2.45, 2.75) is 60.6 Å². The number of nitrogens with one attached hydrogen (secondary N) is 1. The number of fused-ring (bicyclic) bond motifs is 2. The van der Waals surface area contributed by atoms with Gasteiger partial charge in [0.2, 0.25) is 5.91 Å². The molecular weight excluding hydrogens is 316 g/mol. The van der Waals surface area contributed by atoms with E-state index in [2.05, 4.69) is 35.6 Å². The van der Waals surface area contributed by atoms with Crippen LogP contribution in [0.1, 0.15) is 44.9 Å². The van der Waals surface area contributed by atoms with Crippen LogP contribution in [0.2, 0.25) is 0 Å². The van der Waals surface area contributed by atoms with Crippen LogP contribution in [-0.4, -0.2) is 23.2 Å². The standard InChI is InChI=1S/C20H28N2OS/c21-18-14-5-4-6-15(18)12-16(11-14)19(23)22-13-20(9-10-20)24-17-7-2-1-3-8-17/h1-3,7-8,14-16,18H,4-6,9-13,21H2,(H,22,23). The van der Waals surface area contributed by atoms with E-state index < -0.39 is 0 Å². The number of hydrogen-bond acceptors (Lipinski definition) is 3. The van der Waals surface area contributed by atoms with Gasteiger partial charge in [-0.15, -0.1) is 11.8 Å². The van der Waals surface area contributed by atoms with Gasteiger partial charge in [-0.2, -0.15) is 0 Å². The highest BCUT2D eigenvalue weighted by Crippen LogP contribution is 2.51. The van der Waals surface area contributed by atoms with Crippen molar-refractivity contribution in [3.05, 3.63) is 30.3 Å². The highest BCUT2D eigenvalue weighted by atomic mass is 32.2. The SMILES string of the molecule is NC1C2CCCC1CC(C(=O)NCC1(Sc3ccccc3)CC1)C2. The molecule has 0 radical (unpaired) electrons. The van der Waals surface area contributed by atoms with Gasteiger partial charge in [0.05, 0.1) is 0 Å². The minimum Gasteiger partial charge on any atom is -0.354 e. The van der Waals surface area contributed by atoms with Gasteiger partial charge in [0.15, 0.2) is 0 Å². The van der Waals surface area contributed by atoms with Crippen molar-refractivity contribution in [1.82, 2.24) is 5.32 Å². The molecule has 0 aliphatic heterocycles. The topological polar surface area (TPSA) is 55.1 Å². The second-order valence-electron chi connectivity index (χ2n) is 8.01. The van der Waals surface area contributed by atoms with Gasteiger partial charge in [0.25, 0.3) is 0 Å². The third-order valence-electron chi connectivity index (χ3n) is 6.25. The maximum absolute atomic E-state index is 12.7. The molecule has 0 heterocycles. The number of amides is 1. The van der Waals surface area contributed by atoms with Gasteiger partial charge in [-0.25, -0.2) is 0 Å². The van der Waals surface area contributed by atoms with Crippen LogP contribution in [0.4, 0.5) is 0 Å². The summed E-state index contributed by atoms with van der Waals surface area (Å²) >= 11 is 1.93. The van der Waals surface area contributed by atoms with Crippen LogP contribution >= 0.6 is 11.8 Å². The Kier molecular flexibility index (Phi) is 4.61. The summed E-state index contributed by atoms with van der Waals surface area (Å²) in [4.78, 5) is 14.0. The molecule has 2 bridgehead atoms. The van der Waals surface area contributed by atoms with Crippen LogP contribution in [0.3, 0.4) is 0 Å². The molecule has 2 unspecified atom stereocenters. The normalized spacial score (nSPS) is 33.7. The average Bonchev–Trinajstić information content (AvgIpc) is 3.33. The van der Waals surface area contributed by atoms with E-state index in [0.717, 1.165) is 19.4 Å². The lowest BCUT2D eigenvalue weighted by Gasteiger charge is -2.43. The predicted octanol–water partition coefficient (Wildman–Crippen LogP) is 3.58. The molecule has 4 heteroatoms. The number of benzene rings is 1. The largest absolute Gasteiger partial charge is 0.354 e. The lowest BCUT2D eigenvalue weighted by atomic mass is 9.65. The first-order valence-electron chi connectivity index (χ1n) is 9.43. The predicted molar refractivity (Wildman–Crippen MR) is 98.8 cm³/mol. The van der Waals surface area contributed by atoms with Gasteiger partial charge in [-0.05, 0) is 62.5 Å². The molecule has 1 aromatic carbocycles. The lowest BCUT2D eigenvalue weighted by Crippen LogP contribution is -2.49. The minimum absolute atomic E-state index is 0.192. The van der Waals surface area contributed by atoms with Crippen molar-refractivity contribution in [3.8, 4) is 0 Å². The third kappa shape index (κ3) is 3.50. The van der Waals surface area contributed by atoms with Crippen LogP contribution in [-0.2, 0) is 4.79 Å². The Morgan fingerprint density at radius 3 is 2.46 bits per heavy atom. The summed E-state index contributed by atoms with van der Waals surface area (Å²) in [6, 6.07) is 10.9. The zero-order chi connectivity index (χ0) is 16.6. The molecule has 130 valence electrons. The Labute approximate surface area is 149 Å². The number of rotatable bonds is 5. The number of thioether (sulfide) groups is 1. The maximum Gasteiger partial charge on any atom is 0.223 e. The molecule has 3 N–H and O–H groups in total. The van der Waals surface area contributed by atoms with Gasteiger partial charge in [-0.3, -0.25) is 4.79 Å². The van der Waals surface area contributed by atoms with E-state index in [9.17, 15) is 4.79 Å². The fraction of sp³-hybridized carbons (Fsp3) is 0.650. The number of nitrogens with two attached hydrogens (primary N) is 1. The van der Waals surface area contributed by atoms with E-state index in [-0.39, 0.29) is 16.6 Å². The first kappa shape index (κ1) is 16.5. The Morgan fingerprint density at radius 1 is 1.17 bits per heavy atom. The summed E-state index contributed by atoms with van der Waals surface area (Å²) in [7, 11) is 0. The highest BCUT2D eigenvalue weighted by Gasteiger charge is 2.45. The van der Waals surface area contributed by atoms with Crippen molar-refractivity contribution in [3.63, 3.8) is 0 Å². The molecule has 1 aromatic rings. The van der Waals surface area contributed by atoms with Crippen molar-refractivity contribution < 1.29 is 4.79 Å². The molecule has 3 saturated carbocycles. The Balaban J connectivity index is 1.31. The molecular formula is C20H28N2OS. The zero-order valence-corrected chi connectivity index (χ0v) is 15.1. The fourth-order valence-corrected chi connectivity index (χ4v) is 5.83. The second kappa shape index (κ2) is 6.72.